The molecule has 142 valence electrons. The van der Waals surface area contributed by atoms with Gasteiger partial charge in [0.1, 0.15) is 12.0 Å². The number of nitrogens with zero attached hydrogens (tertiary/aromatic N) is 3. The third-order valence-electron chi connectivity index (χ3n) is 4.65. The van der Waals surface area contributed by atoms with E-state index in [9.17, 15) is 14.9 Å². The van der Waals surface area contributed by atoms with E-state index in [4.69, 9.17) is 0 Å². The van der Waals surface area contributed by atoms with Gasteiger partial charge in [0.2, 0.25) is 0 Å². The summed E-state index contributed by atoms with van der Waals surface area (Å²) in [6.45, 7) is 0.495. The van der Waals surface area contributed by atoms with Crippen molar-refractivity contribution in [3.63, 3.8) is 0 Å². The second kappa shape index (κ2) is 7.67. The number of hydrogen-bond acceptors (Lipinski definition) is 8. The topological polar surface area (TPSA) is 121 Å². The molecule has 0 bridgehead atoms. The SMILES string of the molecule is O=C1C(N=Cc2ccc([N+](=O)[O-])cc2)C(Nc2ccccc2)=NC2NNCC12. The third-order valence-corrected chi connectivity index (χ3v) is 4.65. The van der Waals surface area contributed by atoms with E-state index in [2.05, 4.69) is 26.2 Å². The average Bonchev–Trinajstić information content (AvgIpc) is 3.18. The molecule has 2 heterocycles. The molecule has 1 fully saturated rings. The lowest BCUT2D eigenvalue weighted by Gasteiger charge is -2.27. The van der Waals surface area contributed by atoms with Crippen LogP contribution in [0.15, 0.2) is 64.6 Å². The van der Waals surface area contributed by atoms with Gasteiger partial charge in [0, 0.05) is 30.6 Å². The number of para-hydroxylation sites is 1. The Labute approximate surface area is 160 Å². The Hall–Kier alpha value is -3.43. The highest BCUT2D eigenvalue weighted by Crippen LogP contribution is 2.22. The van der Waals surface area contributed by atoms with E-state index >= 15 is 0 Å². The molecule has 0 amide bonds. The average molecular weight is 378 g/mol. The number of nitrogens with one attached hydrogen (secondary N) is 3. The molecule has 9 heteroatoms. The van der Waals surface area contributed by atoms with Crippen LogP contribution >= 0.6 is 0 Å². The summed E-state index contributed by atoms with van der Waals surface area (Å²) in [5, 5.41) is 14.0. The van der Waals surface area contributed by atoms with Gasteiger partial charge in [-0.3, -0.25) is 25.3 Å². The quantitative estimate of drug-likeness (QED) is 0.421. The van der Waals surface area contributed by atoms with Gasteiger partial charge in [-0.05, 0) is 29.8 Å². The van der Waals surface area contributed by atoms with Crippen molar-refractivity contribution in [2.24, 2.45) is 15.9 Å². The van der Waals surface area contributed by atoms with Crippen LogP contribution in [0.1, 0.15) is 5.56 Å². The number of nitro groups is 1. The maximum absolute atomic E-state index is 13.0. The fraction of sp³-hybridized carbons (Fsp3) is 0.211. The zero-order valence-electron chi connectivity index (χ0n) is 14.8. The molecule has 2 aliphatic heterocycles. The number of Topliss-reactive ketones (excluding diaryl/α,β-unsaturated/α-hetero) is 1. The molecule has 1 saturated heterocycles. The first-order valence-electron chi connectivity index (χ1n) is 8.81. The van der Waals surface area contributed by atoms with Crippen molar-refractivity contribution in [2.45, 2.75) is 12.2 Å². The van der Waals surface area contributed by atoms with E-state index in [1.165, 1.54) is 12.1 Å². The number of non-ortho nitro benzene ring substituents is 1. The van der Waals surface area contributed by atoms with Crippen molar-refractivity contribution < 1.29 is 9.72 Å². The zero-order valence-corrected chi connectivity index (χ0v) is 14.8. The Morgan fingerprint density at radius 1 is 1.18 bits per heavy atom. The predicted octanol–water partition coefficient (Wildman–Crippen LogP) is 1.53. The fourth-order valence-corrected chi connectivity index (χ4v) is 3.18. The molecule has 2 aromatic rings. The first-order chi connectivity index (χ1) is 13.6. The number of fused-ring (bicyclic) bond motifs is 1. The Morgan fingerprint density at radius 3 is 2.64 bits per heavy atom. The van der Waals surface area contributed by atoms with E-state index in [0.29, 0.717) is 17.9 Å². The predicted molar refractivity (Wildman–Crippen MR) is 105 cm³/mol. The Balaban J connectivity index is 1.60. The molecule has 3 unspecified atom stereocenters. The summed E-state index contributed by atoms with van der Waals surface area (Å²) in [6, 6.07) is 14.7. The molecular formula is C19H18N6O3. The van der Waals surface area contributed by atoms with Gasteiger partial charge in [-0.25, -0.2) is 10.4 Å². The van der Waals surface area contributed by atoms with Gasteiger partial charge >= 0.3 is 0 Å². The minimum atomic E-state index is -0.765. The van der Waals surface area contributed by atoms with Crippen LogP contribution in [0.25, 0.3) is 0 Å². The molecule has 2 aromatic carbocycles. The van der Waals surface area contributed by atoms with Crippen molar-refractivity contribution >= 4 is 29.2 Å². The summed E-state index contributed by atoms with van der Waals surface area (Å²) >= 11 is 0. The highest BCUT2D eigenvalue weighted by molar-refractivity contribution is 6.17. The van der Waals surface area contributed by atoms with E-state index < -0.39 is 11.0 Å². The summed E-state index contributed by atoms with van der Waals surface area (Å²) in [4.78, 5) is 32.4. The number of rotatable bonds is 4. The number of carbonyl (C=O) groups is 1. The van der Waals surface area contributed by atoms with Gasteiger partial charge in [0.25, 0.3) is 5.69 Å². The Morgan fingerprint density at radius 2 is 1.93 bits per heavy atom. The lowest BCUT2D eigenvalue weighted by Crippen LogP contribution is -2.48. The normalized spacial score (nSPS) is 24.1. The molecule has 0 aliphatic carbocycles. The van der Waals surface area contributed by atoms with Crippen LogP contribution in [0, 0.1) is 16.0 Å². The monoisotopic (exact) mass is 378 g/mol. The van der Waals surface area contributed by atoms with Crippen molar-refractivity contribution in [2.75, 3.05) is 11.9 Å². The molecule has 0 saturated carbocycles. The summed E-state index contributed by atoms with van der Waals surface area (Å²) in [5.74, 6) is 0.140. The lowest BCUT2D eigenvalue weighted by molar-refractivity contribution is -0.384. The summed E-state index contributed by atoms with van der Waals surface area (Å²) in [5.41, 5.74) is 7.46. The van der Waals surface area contributed by atoms with Crippen LogP contribution < -0.4 is 16.2 Å². The maximum atomic E-state index is 13.0. The highest BCUT2D eigenvalue weighted by Gasteiger charge is 2.42. The van der Waals surface area contributed by atoms with Crippen LogP contribution in [0.5, 0.6) is 0 Å². The number of amidine groups is 1. The largest absolute Gasteiger partial charge is 0.342 e. The van der Waals surface area contributed by atoms with Crippen molar-refractivity contribution in [1.29, 1.82) is 0 Å². The van der Waals surface area contributed by atoms with E-state index in [1.54, 1.807) is 18.3 Å². The minimum absolute atomic E-state index is 0.00448. The maximum Gasteiger partial charge on any atom is 0.269 e. The number of hydrogen-bond donors (Lipinski definition) is 3. The first kappa shape index (κ1) is 18.0. The standard InChI is InChI=1S/C19H18N6O3/c26-17-15-11-21-24-18(15)23-19(22-13-4-2-1-3-5-13)16(17)20-10-12-6-8-14(9-7-12)25(27)28/h1-10,15-16,18,21,24H,11H2,(H,22,23). The van der Waals surface area contributed by atoms with Gasteiger partial charge in [0.15, 0.2) is 11.8 Å². The van der Waals surface area contributed by atoms with Gasteiger partial charge in [-0.15, -0.1) is 0 Å². The van der Waals surface area contributed by atoms with Crippen molar-refractivity contribution in [3.05, 3.63) is 70.3 Å². The molecule has 4 rings (SSSR count). The number of carbonyl (C=O) groups excluding carboxylic acids is 1. The molecular weight excluding hydrogens is 360 g/mol. The summed E-state index contributed by atoms with van der Waals surface area (Å²) in [7, 11) is 0. The van der Waals surface area contributed by atoms with Crippen LogP contribution in [0.3, 0.4) is 0 Å². The zero-order chi connectivity index (χ0) is 19.5. The second-order valence-corrected chi connectivity index (χ2v) is 6.51. The molecule has 9 nitrogen and oxygen atoms in total. The minimum Gasteiger partial charge on any atom is -0.342 e. The van der Waals surface area contributed by atoms with Gasteiger partial charge < -0.3 is 5.32 Å². The van der Waals surface area contributed by atoms with Crippen LogP contribution in [-0.4, -0.2) is 41.5 Å². The molecule has 2 aliphatic rings. The van der Waals surface area contributed by atoms with Crippen molar-refractivity contribution in [1.82, 2.24) is 10.9 Å². The number of ketones is 1. The summed E-state index contributed by atoms with van der Waals surface area (Å²) in [6.07, 6.45) is 1.22. The summed E-state index contributed by atoms with van der Waals surface area (Å²) < 4.78 is 0. The van der Waals surface area contributed by atoms with Gasteiger partial charge in [0.05, 0.1) is 10.8 Å². The highest BCUT2D eigenvalue weighted by atomic mass is 16.6. The molecule has 0 radical (unpaired) electrons. The Kier molecular flexibility index (Phi) is 4.92. The Bertz CT molecular complexity index is 942. The molecule has 3 atom stereocenters. The number of hydrazine groups is 1. The van der Waals surface area contributed by atoms with Crippen LogP contribution in [0.2, 0.25) is 0 Å². The number of aliphatic imine (C=N–C) groups is 2. The lowest BCUT2D eigenvalue weighted by atomic mass is 9.92. The fourth-order valence-electron chi connectivity index (χ4n) is 3.18. The molecule has 3 N–H and O–H groups in total. The van der Waals surface area contributed by atoms with Gasteiger partial charge in [-0.2, -0.15) is 0 Å². The first-order valence-corrected chi connectivity index (χ1v) is 8.81. The number of nitro benzene ring substituents is 1. The molecule has 0 spiro atoms. The molecule has 0 aromatic heterocycles. The third kappa shape index (κ3) is 3.66. The van der Waals surface area contributed by atoms with E-state index in [1.807, 2.05) is 30.3 Å². The van der Waals surface area contributed by atoms with Crippen LogP contribution in [-0.2, 0) is 4.79 Å². The number of benzene rings is 2. The molecule has 28 heavy (non-hydrogen) atoms. The van der Waals surface area contributed by atoms with Crippen LogP contribution in [0.4, 0.5) is 11.4 Å². The van der Waals surface area contributed by atoms with Crippen molar-refractivity contribution in [3.8, 4) is 0 Å². The second-order valence-electron chi connectivity index (χ2n) is 6.51. The van der Waals surface area contributed by atoms with Gasteiger partial charge in [-0.1, -0.05) is 18.2 Å². The number of anilines is 1. The van der Waals surface area contributed by atoms with E-state index in [0.717, 1.165) is 5.69 Å². The van der Waals surface area contributed by atoms with E-state index in [-0.39, 0.29) is 23.6 Å². The smallest absolute Gasteiger partial charge is 0.269 e.